The van der Waals surface area contributed by atoms with E-state index in [-0.39, 0.29) is 28.2 Å². The number of hydrogen-bond donors (Lipinski definition) is 1. The second-order valence-electron chi connectivity index (χ2n) is 6.97. The number of hydrogen-bond acceptors (Lipinski definition) is 5. The summed E-state index contributed by atoms with van der Waals surface area (Å²) in [6.07, 6.45) is 3.98. The molecule has 1 N–H and O–H groups in total. The topological polar surface area (TPSA) is 88.6 Å². The number of pyridine rings is 1. The minimum absolute atomic E-state index is 0.0718. The standard InChI is InChI=1S/C22H20ClN3O4S/c23-19-12-18(31(28,29)26-11-9-17-5-1-2-6-20(17)26)7-8-21(19)30-15-22(27)25-14-16-4-3-10-24-13-16/h1-8,10,12-13H,9,11,14-15H2,(H,25,27). The van der Waals surface area contributed by atoms with E-state index < -0.39 is 10.0 Å². The number of aromatic nitrogens is 1. The zero-order valence-electron chi connectivity index (χ0n) is 16.5. The number of para-hydroxylation sites is 1. The molecule has 160 valence electrons. The lowest BCUT2D eigenvalue weighted by Crippen LogP contribution is -2.29. The van der Waals surface area contributed by atoms with Crippen LogP contribution in [0.2, 0.25) is 5.02 Å². The molecule has 0 atom stereocenters. The van der Waals surface area contributed by atoms with Gasteiger partial charge in [0.1, 0.15) is 5.75 Å². The SMILES string of the molecule is O=C(COc1ccc(S(=O)(=O)N2CCc3ccccc32)cc1Cl)NCc1cccnc1. The highest BCUT2D eigenvalue weighted by Gasteiger charge is 2.31. The minimum atomic E-state index is -3.75. The van der Waals surface area contributed by atoms with Crippen LogP contribution in [-0.4, -0.2) is 32.5 Å². The van der Waals surface area contributed by atoms with Crippen molar-refractivity contribution in [2.24, 2.45) is 0 Å². The molecule has 0 unspecified atom stereocenters. The summed E-state index contributed by atoms with van der Waals surface area (Å²) < 4.78 is 33.1. The third-order valence-electron chi connectivity index (χ3n) is 4.91. The first-order chi connectivity index (χ1) is 14.9. The Bertz CT molecular complexity index is 1200. The van der Waals surface area contributed by atoms with Crippen LogP contribution in [0.3, 0.4) is 0 Å². The lowest BCUT2D eigenvalue weighted by atomic mass is 10.2. The van der Waals surface area contributed by atoms with Crippen LogP contribution < -0.4 is 14.4 Å². The second kappa shape index (κ2) is 8.95. The molecule has 2 aromatic carbocycles. The number of rotatable bonds is 7. The number of ether oxygens (including phenoxy) is 1. The van der Waals surface area contributed by atoms with Crippen LogP contribution in [0.4, 0.5) is 5.69 Å². The van der Waals surface area contributed by atoms with E-state index in [1.165, 1.54) is 22.5 Å². The molecule has 0 bridgehead atoms. The molecule has 1 aliphatic heterocycles. The van der Waals surface area contributed by atoms with Crippen LogP contribution in [0.15, 0.2) is 71.9 Å². The first kappa shape index (κ1) is 21.1. The van der Waals surface area contributed by atoms with E-state index in [0.29, 0.717) is 25.2 Å². The van der Waals surface area contributed by atoms with Crippen LogP contribution in [-0.2, 0) is 27.8 Å². The monoisotopic (exact) mass is 457 g/mol. The normalized spacial score (nSPS) is 13.0. The van der Waals surface area contributed by atoms with Gasteiger partial charge in [-0.1, -0.05) is 35.9 Å². The number of anilines is 1. The van der Waals surface area contributed by atoms with E-state index in [4.69, 9.17) is 16.3 Å². The average molecular weight is 458 g/mol. The summed E-state index contributed by atoms with van der Waals surface area (Å²) in [4.78, 5) is 16.1. The van der Waals surface area contributed by atoms with E-state index in [9.17, 15) is 13.2 Å². The van der Waals surface area contributed by atoms with Crippen molar-refractivity contribution in [2.45, 2.75) is 17.9 Å². The van der Waals surface area contributed by atoms with Crippen LogP contribution in [0.1, 0.15) is 11.1 Å². The Kier molecular flexibility index (Phi) is 6.11. The predicted octanol–water partition coefficient (Wildman–Crippen LogP) is 3.18. The molecule has 3 aromatic rings. The molecule has 31 heavy (non-hydrogen) atoms. The maximum atomic E-state index is 13.1. The number of nitrogens with one attached hydrogen (secondary N) is 1. The summed E-state index contributed by atoms with van der Waals surface area (Å²) in [5.74, 6) is -0.0933. The molecule has 9 heteroatoms. The van der Waals surface area contributed by atoms with Crippen LogP contribution in [0.5, 0.6) is 5.75 Å². The Morgan fingerprint density at radius 1 is 1.16 bits per heavy atom. The van der Waals surface area contributed by atoms with Gasteiger partial charge in [0.05, 0.1) is 15.6 Å². The zero-order chi connectivity index (χ0) is 21.8. The molecule has 1 aromatic heterocycles. The number of sulfonamides is 1. The predicted molar refractivity (Wildman–Crippen MR) is 118 cm³/mol. The van der Waals surface area contributed by atoms with Crippen LogP contribution in [0.25, 0.3) is 0 Å². The Balaban J connectivity index is 1.41. The number of fused-ring (bicyclic) bond motifs is 1. The van der Waals surface area contributed by atoms with Crippen molar-refractivity contribution in [1.82, 2.24) is 10.3 Å². The molecule has 0 saturated heterocycles. The molecule has 7 nitrogen and oxygen atoms in total. The van der Waals surface area contributed by atoms with Crippen molar-refractivity contribution in [3.05, 3.63) is 83.1 Å². The minimum Gasteiger partial charge on any atom is -0.482 e. The highest BCUT2D eigenvalue weighted by molar-refractivity contribution is 7.92. The van der Waals surface area contributed by atoms with Crippen molar-refractivity contribution >= 4 is 33.2 Å². The number of carbonyl (C=O) groups excluding carboxylic acids is 1. The van der Waals surface area contributed by atoms with Gasteiger partial charge in [-0.05, 0) is 47.9 Å². The molecule has 1 amide bonds. The lowest BCUT2D eigenvalue weighted by molar-refractivity contribution is -0.123. The number of carbonyl (C=O) groups is 1. The summed E-state index contributed by atoms with van der Waals surface area (Å²) in [5, 5.41) is 2.84. The Morgan fingerprint density at radius 3 is 2.77 bits per heavy atom. The van der Waals surface area contributed by atoms with E-state index in [0.717, 1.165) is 11.1 Å². The van der Waals surface area contributed by atoms with Gasteiger partial charge in [-0.3, -0.25) is 14.1 Å². The number of benzene rings is 2. The second-order valence-corrected chi connectivity index (χ2v) is 9.24. The highest BCUT2D eigenvalue weighted by atomic mass is 35.5. The summed E-state index contributed by atoms with van der Waals surface area (Å²) in [5.41, 5.74) is 2.55. The van der Waals surface area contributed by atoms with Crippen LogP contribution in [0, 0.1) is 0 Å². The van der Waals surface area contributed by atoms with Crippen molar-refractivity contribution in [2.75, 3.05) is 17.5 Å². The Morgan fingerprint density at radius 2 is 2.00 bits per heavy atom. The van der Waals surface area contributed by atoms with Gasteiger partial charge < -0.3 is 10.1 Å². The van der Waals surface area contributed by atoms with Gasteiger partial charge in [0.25, 0.3) is 15.9 Å². The summed E-state index contributed by atoms with van der Waals surface area (Å²) >= 11 is 6.25. The van der Waals surface area contributed by atoms with Gasteiger partial charge in [0, 0.05) is 25.5 Å². The Hall–Kier alpha value is -3.10. The number of amides is 1. The molecule has 0 fully saturated rings. The third kappa shape index (κ3) is 4.65. The molecule has 4 rings (SSSR count). The van der Waals surface area contributed by atoms with Gasteiger partial charge in [0.2, 0.25) is 0 Å². The fourth-order valence-corrected chi connectivity index (χ4v) is 5.17. The van der Waals surface area contributed by atoms with Crippen molar-refractivity contribution < 1.29 is 17.9 Å². The van der Waals surface area contributed by atoms with E-state index >= 15 is 0 Å². The Labute approximate surface area is 185 Å². The molecule has 0 saturated carbocycles. The molecule has 0 radical (unpaired) electrons. The summed E-state index contributed by atoms with van der Waals surface area (Å²) in [6, 6.07) is 15.3. The van der Waals surface area contributed by atoms with Crippen molar-refractivity contribution in [1.29, 1.82) is 0 Å². The van der Waals surface area contributed by atoms with Gasteiger partial charge in [-0.15, -0.1) is 0 Å². The van der Waals surface area contributed by atoms with Gasteiger partial charge in [0.15, 0.2) is 6.61 Å². The van der Waals surface area contributed by atoms with Crippen molar-refractivity contribution in [3.63, 3.8) is 0 Å². The smallest absolute Gasteiger partial charge is 0.264 e. The molecule has 0 aliphatic carbocycles. The average Bonchev–Trinajstić information content (AvgIpc) is 3.22. The number of nitrogens with zero attached hydrogens (tertiary/aromatic N) is 2. The van der Waals surface area contributed by atoms with E-state index in [2.05, 4.69) is 10.3 Å². The highest BCUT2D eigenvalue weighted by Crippen LogP contribution is 2.35. The summed E-state index contributed by atoms with van der Waals surface area (Å²) in [7, 11) is -3.75. The third-order valence-corrected chi connectivity index (χ3v) is 7.01. The van der Waals surface area contributed by atoms with Gasteiger partial charge >= 0.3 is 0 Å². The molecule has 2 heterocycles. The molecule has 1 aliphatic rings. The van der Waals surface area contributed by atoms with Gasteiger partial charge in [-0.2, -0.15) is 0 Å². The van der Waals surface area contributed by atoms with Crippen molar-refractivity contribution in [3.8, 4) is 5.75 Å². The van der Waals surface area contributed by atoms with Gasteiger partial charge in [-0.25, -0.2) is 8.42 Å². The van der Waals surface area contributed by atoms with E-state index in [1.54, 1.807) is 24.5 Å². The number of halogens is 1. The largest absolute Gasteiger partial charge is 0.482 e. The maximum absolute atomic E-state index is 13.1. The molecular weight excluding hydrogens is 438 g/mol. The quantitative estimate of drug-likeness (QED) is 0.588. The first-order valence-electron chi connectivity index (χ1n) is 9.64. The van der Waals surface area contributed by atoms with E-state index in [1.807, 2.05) is 24.3 Å². The fourth-order valence-electron chi connectivity index (χ4n) is 3.34. The van der Waals surface area contributed by atoms with Crippen LogP contribution >= 0.6 is 11.6 Å². The maximum Gasteiger partial charge on any atom is 0.264 e. The lowest BCUT2D eigenvalue weighted by Gasteiger charge is -2.20. The molecule has 0 spiro atoms. The fraction of sp³-hybridized carbons (Fsp3) is 0.182. The first-order valence-corrected chi connectivity index (χ1v) is 11.5. The zero-order valence-corrected chi connectivity index (χ0v) is 18.1. The molecular formula is C22H20ClN3O4S. The summed E-state index contributed by atoms with van der Waals surface area (Å²) in [6.45, 7) is 0.471.